The van der Waals surface area contributed by atoms with Crippen LogP contribution in [0.3, 0.4) is 0 Å². The number of nitrogens with one attached hydrogen (secondary N) is 3. The fourth-order valence-electron chi connectivity index (χ4n) is 2.30. The van der Waals surface area contributed by atoms with Gasteiger partial charge in [0.05, 0.1) is 6.54 Å². The molecule has 3 amide bonds. The molecule has 3 N–H and O–H groups in total. The smallest absolute Gasteiger partial charge is 0.315 e. The lowest BCUT2D eigenvalue weighted by atomic mass is 10.1. The fourth-order valence-corrected chi connectivity index (χ4v) is 2.30. The molecular weight excluding hydrogens is 256 g/mol. The molecule has 6 heteroatoms. The lowest BCUT2D eigenvalue weighted by molar-refractivity contribution is -0.122. The number of hydrogen-bond donors (Lipinski definition) is 3. The zero-order valence-electron chi connectivity index (χ0n) is 12.0. The lowest BCUT2D eigenvalue weighted by Gasteiger charge is -2.16. The van der Waals surface area contributed by atoms with Crippen molar-refractivity contribution in [3.63, 3.8) is 0 Å². The number of amides is 3. The Hall–Kier alpha value is -1.98. The molecule has 2 heterocycles. The van der Waals surface area contributed by atoms with E-state index in [9.17, 15) is 9.59 Å². The van der Waals surface area contributed by atoms with Crippen molar-refractivity contribution >= 4 is 11.9 Å². The number of aryl methyl sites for hydroxylation is 1. The summed E-state index contributed by atoms with van der Waals surface area (Å²) in [6.45, 7) is 3.16. The maximum Gasteiger partial charge on any atom is 0.315 e. The van der Waals surface area contributed by atoms with Crippen LogP contribution in [0.1, 0.15) is 30.7 Å². The van der Waals surface area contributed by atoms with E-state index >= 15 is 0 Å². The first kappa shape index (κ1) is 14.4. The predicted molar refractivity (Wildman–Crippen MR) is 76.2 cm³/mol. The van der Waals surface area contributed by atoms with Crippen LogP contribution in [0, 0.1) is 6.92 Å². The third kappa shape index (κ3) is 3.53. The van der Waals surface area contributed by atoms with Crippen molar-refractivity contribution in [3.05, 3.63) is 23.5 Å². The van der Waals surface area contributed by atoms with Crippen molar-refractivity contribution in [2.75, 3.05) is 6.54 Å². The fraction of sp³-hybridized carbons (Fsp3) is 0.571. The normalized spacial score (nSPS) is 19.1. The van der Waals surface area contributed by atoms with E-state index in [4.69, 9.17) is 0 Å². The Morgan fingerprint density at radius 1 is 1.45 bits per heavy atom. The van der Waals surface area contributed by atoms with Crippen molar-refractivity contribution in [3.8, 4) is 0 Å². The molecule has 0 saturated carbocycles. The van der Waals surface area contributed by atoms with Gasteiger partial charge in [-0.25, -0.2) is 4.79 Å². The molecule has 0 spiro atoms. The molecule has 1 saturated heterocycles. The Bertz CT molecular complexity index is 495. The minimum absolute atomic E-state index is 0.0904. The van der Waals surface area contributed by atoms with Crippen LogP contribution in [0.4, 0.5) is 4.79 Å². The summed E-state index contributed by atoms with van der Waals surface area (Å²) in [4.78, 5) is 23.6. The first-order valence-electron chi connectivity index (χ1n) is 7.01. The molecule has 1 aromatic heterocycles. The number of rotatable bonds is 3. The van der Waals surface area contributed by atoms with Gasteiger partial charge < -0.3 is 20.5 Å². The zero-order valence-corrected chi connectivity index (χ0v) is 12.0. The minimum atomic E-state index is -0.423. The molecule has 110 valence electrons. The maximum absolute atomic E-state index is 11.8. The number of aromatic nitrogens is 1. The Balaban J connectivity index is 1.83. The van der Waals surface area contributed by atoms with E-state index in [-0.39, 0.29) is 11.9 Å². The van der Waals surface area contributed by atoms with Crippen LogP contribution in [0.5, 0.6) is 0 Å². The number of urea groups is 1. The van der Waals surface area contributed by atoms with Crippen molar-refractivity contribution in [1.29, 1.82) is 0 Å². The second-order valence-corrected chi connectivity index (χ2v) is 5.19. The molecule has 1 atom stereocenters. The highest BCUT2D eigenvalue weighted by atomic mass is 16.2. The van der Waals surface area contributed by atoms with Gasteiger partial charge in [-0.1, -0.05) is 0 Å². The van der Waals surface area contributed by atoms with E-state index in [1.165, 1.54) is 0 Å². The monoisotopic (exact) mass is 278 g/mol. The second-order valence-electron chi connectivity index (χ2n) is 5.19. The summed E-state index contributed by atoms with van der Waals surface area (Å²) < 4.78 is 2.03. The summed E-state index contributed by atoms with van der Waals surface area (Å²) in [5.74, 6) is -0.0904. The highest BCUT2D eigenvalue weighted by Crippen LogP contribution is 2.06. The van der Waals surface area contributed by atoms with Crippen LogP contribution in [0.25, 0.3) is 0 Å². The first-order valence-corrected chi connectivity index (χ1v) is 7.01. The average molecular weight is 278 g/mol. The SMILES string of the molecule is Cc1ccc(CNC(=O)N[C@@H]2CCCCNC2=O)n1C. The van der Waals surface area contributed by atoms with Crippen LogP contribution in [-0.2, 0) is 18.4 Å². The van der Waals surface area contributed by atoms with Crippen molar-refractivity contribution < 1.29 is 9.59 Å². The summed E-state index contributed by atoms with van der Waals surface area (Å²) in [6.07, 6.45) is 2.61. The Kier molecular flexibility index (Phi) is 4.65. The van der Waals surface area contributed by atoms with Crippen molar-refractivity contribution in [2.24, 2.45) is 7.05 Å². The van der Waals surface area contributed by atoms with Gasteiger partial charge in [-0.15, -0.1) is 0 Å². The number of carbonyl (C=O) groups excluding carboxylic acids is 2. The summed E-state index contributed by atoms with van der Waals surface area (Å²) in [5, 5.41) is 8.32. The number of hydrogen-bond acceptors (Lipinski definition) is 2. The number of nitrogens with zero attached hydrogens (tertiary/aromatic N) is 1. The van der Waals surface area contributed by atoms with Crippen LogP contribution in [0.2, 0.25) is 0 Å². The molecule has 1 aliphatic heterocycles. The predicted octanol–water partition coefficient (Wildman–Crippen LogP) is 0.801. The van der Waals surface area contributed by atoms with E-state index in [0.29, 0.717) is 19.5 Å². The van der Waals surface area contributed by atoms with Crippen LogP contribution < -0.4 is 16.0 Å². The molecule has 6 nitrogen and oxygen atoms in total. The van der Waals surface area contributed by atoms with Gasteiger partial charge in [-0.05, 0) is 38.3 Å². The van der Waals surface area contributed by atoms with Gasteiger partial charge in [-0.2, -0.15) is 0 Å². The molecule has 0 radical (unpaired) electrons. The van der Waals surface area contributed by atoms with Gasteiger partial charge in [0.15, 0.2) is 0 Å². The molecular formula is C14H22N4O2. The highest BCUT2D eigenvalue weighted by molar-refractivity contribution is 5.87. The zero-order chi connectivity index (χ0) is 14.5. The minimum Gasteiger partial charge on any atom is -0.354 e. The third-order valence-electron chi connectivity index (χ3n) is 3.75. The van der Waals surface area contributed by atoms with Gasteiger partial charge >= 0.3 is 6.03 Å². The van der Waals surface area contributed by atoms with Crippen molar-refractivity contribution in [1.82, 2.24) is 20.5 Å². The van der Waals surface area contributed by atoms with Crippen molar-refractivity contribution in [2.45, 2.75) is 38.8 Å². The quantitative estimate of drug-likeness (QED) is 0.765. The molecule has 1 fully saturated rings. The summed E-state index contributed by atoms with van der Waals surface area (Å²) >= 11 is 0. The van der Waals surface area contributed by atoms with E-state index in [0.717, 1.165) is 24.2 Å². The van der Waals surface area contributed by atoms with Gasteiger partial charge in [0.1, 0.15) is 6.04 Å². The average Bonchev–Trinajstić information content (AvgIpc) is 2.61. The highest BCUT2D eigenvalue weighted by Gasteiger charge is 2.22. The molecule has 0 aromatic carbocycles. The summed E-state index contributed by atoms with van der Waals surface area (Å²) in [6, 6.07) is 3.26. The molecule has 2 rings (SSSR count). The van der Waals surface area contributed by atoms with E-state index < -0.39 is 6.04 Å². The lowest BCUT2D eigenvalue weighted by Crippen LogP contribution is -2.49. The molecule has 0 bridgehead atoms. The molecule has 0 unspecified atom stereocenters. The summed E-state index contributed by atoms with van der Waals surface area (Å²) in [5.41, 5.74) is 2.17. The van der Waals surface area contributed by atoms with Gasteiger partial charge in [0, 0.05) is 25.0 Å². The van der Waals surface area contributed by atoms with E-state index in [1.807, 2.05) is 30.7 Å². The molecule has 20 heavy (non-hydrogen) atoms. The standard InChI is InChI=1S/C14H22N4O2/c1-10-6-7-11(18(10)2)9-16-14(20)17-12-5-3-4-8-15-13(12)19/h6-7,12H,3-5,8-9H2,1-2H3,(H,15,19)(H2,16,17,20)/t12-/m1/s1. The Morgan fingerprint density at radius 3 is 2.95 bits per heavy atom. The van der Waals surface area contributed by atoms with E-state index in [1.54, 1.807) is 0 Å². The summed E-state index contributed by atoms with van der Waals surface area (Å²) in [7, 11) is 1.96. The van der Waals surface area contributed by atoms with Gasteiger partial charge in [0.2, 0.25) is 5.91 Å². The molecule has 1 aromatic rings. The van der Waals surface area contributed by atoms with Crippen LogP contribution in [0.15, 0.2) is 12.1 Å². The van der Waals surface area contributed by atoms with Gasteiger partial charge in [0.25, 0.3) is 0 Å². The van der Waals surface area contributed by atoms with Gasteiger partial charge in [-0.3, -0.25) is 4.79 Å². The second kappa shape index (κ2) is 6.45. The van der Waals surface area contributed by atoms with Crippen LogP contribution in [-0.4, -0.2) is 29.1 Å². The molecule has 1 aliphatic rings. The first-order chi connectivity index (χ1) is 9.58. The van der Waals surface area contributed by atoms with E-state index in [2.05, 4.69) is 16.0 Å². The Morgan fingerprint density at radius 2 is 2.25 bits per heavy atom. The largest absolute Gasteiger partial charge is 0.354 e. The maximum atomic E-state index is 11.8. The third-order valence-corrected chi connectivity index (χ3v) is 3.75. The van der Waals surface area contributed by atoms with Crippen LogP contribution >= 0.6 is 0 Å². The number of carbonyl (C=O) groups is 2. The molecule has 0 aliphatic carbocycles. The Labute approximate surface area is 118 Å². The topological polar surface area (TPSA) is 75.2 Å².